The molecule has 0 aromatic heterocycles. The Morgan fingerprint density at radius 1 is 1.50 bits per heavy atom. The minimum Gasteiger partial charge on any atom is -0.326 e. The van der Waals surface area contributed by atoms with Crippen LogP contribution >= 0.6 is 11.6 Å². The third kappa shape index (κ3) is 2.14. The number of hydrazone groups is 1. The topological polar surface area (TPSA) is 102 Å². The number of nitrogens with two attached hydrogens (primary N) is 3. The molecule has 0 heterocycles. The zero-order valence-corrected chi connectivity index (χ0v) is 8.25. The van der Waals surface area contributed by atoms with E-state index in [1.165, 1.54) is 0 Å². The molecular weight excluding hydrogens is 202 g/mol. The summed E-state index contributed by atoms with van der Waals surface area (Å²) in [5, 5.41) is 4.11. The maximum absolute atomic E-state index is 5.81. The van der Waals surface area contributed by atoms with E-state index < -0.39 is 0 Å². The van der Waals surface area contributed by atoms with Crippen molar-refractivity contribution in [3.05, 3.63) is 34.3 Å². The monoisotopic (exact) mass is 213 g/mol. The number of rotatable bonds is 2. The summed E-state index contributed by atoms with van der Waals surface area (Å²) in [5.41, 5.74) is 9.52. The van der Waals surface area contributed by atoms with Gasteiger partial charge in [0.25, 0.3) is 0 Å². The van der Waals surface area contributed by atoms with Gasteiger partial charge in [-0.3, -0.25) is 0 Å². The van der Waals surface area contributed by atoms with Gasteiger partial charge < -0.3 is 17.0 Å². The Morgan fingerprint density at radius 2 is 2.21 bits per heavy atom. The van der Waals surface area contributed by atoms with Crippen molar-refractivity contribution in [2.24, 2.45) is 22.5 Å². The van der Waals surface area contributed by atoms with Gasteiger partial charge in [0, 0.05) is 17.1 Å². The molecule has 0 saturated heterocycles. The molecule has 0 fully saturated rings. The van der Waals surface area contributed by atoms with Crippen molar-refractivity contribution in [2.45, 2.75) is 6.54 Å². The summed E-state index contributed by atoms with van der Waals surface area (Å²) in [6.45, 7) is 0.344. The van der Waals surface area contributed by atoms with Gasteiger partial charge in [-0.2, -0.15) is 5.10 Å². The summed E-state index contributed by atoms with van der Waals surface area (Å²) in [5.74, 6) is 10.8. The van der Waals surface area contributed by atoms with Crippen molar-refractivity contribution in [2.75, 3.05) is 0 Å². The lowest BCUT2D eigenvalue weighted by Crippen LogP contribution is -2.33. The lowest BCUT2D eigenvalue weighted by molar-refractivity contribution is 0.988. The fraction of sp³-hybridized carbons (Fsp3) is 0.125. The van der Waals surface area contributed by atoms with Crippen LogP contribution in [0.15, 0.2) is 23.3 Å². The number of amidine groups is 1. The van der Waals surface area contributed by atoms with Crippen molar-refractivity contribution in [3.63, 3.8) is 0 Å². The second-order valence-corrected chi connectivity index (χ2v) is 3.06. The summed E-state index contributed by atoms with van der Waals surface area (Å²) >= 11 is 5.81. The SMILES string of the molecule is NCc1cc(Cl)ccc1/C(=N/N)NN. The van der Waals surface area contributed by atoms with E-state index in [0.717, 1.165) is 11.1 Å². The van der Waals surface area contributed by atoms with Crippen LogP contribution in [0.3, 0.4) is 0 Å². The molecule has 7 N–H and O–H groups in total. The molecule has 0 radical (unpaired) electrons. The molecule has 0 atom stereocenters. The van der Waals surface area contributed by atoms with Crippen LogP contribution in [0, 0.1) is 0 Å². The molecule has 76 valence electrons. The molecular formula is C8H12ClN5. The maximum atomic E-state index is 5.81. The first kappa shape index (κ1) is 10.8. The highest BCUT2D eigenvalue weighted by molar-refractivity contribution is 6.30. The van der Waals surface area contributed by atoms with Gasteiger partial charge in [0.1, 0.15) is 0 Å². The average molecular weight is 214 g/mol. The van der Waals surface area contributed by atoms with Crippen LogP contribution in [0.1, 0.15) is 11.1 Å². The molecule has 6 heteroatoms. The Bertz CT molecular complexity index is 350. The van der Waals surface area contributed by atoms with E-state index in [9.17, 15) is 0 Å². The van der Waals surface area contributed by atoms with Gasteiger partial charge in [-0.15, -0.1) is 0 Å². The molecule has 1 aromatic rings. The highest BCUT2D eigenvalue weighted by atomic mass is 35.5. The minimum absolute atomic E-state index is 0.344. The summed E-state index contributed by atoms with van der Waals surface area (Å²) in [7, 11) is 0. The predicted molar refractivity (Wildman–Crippen MR) is 57.4 cm³/mol. The predicted octanol–water partition coefficient (Wildman–Crippen LogP) is -0.118. The number of hydrazine groups is 1. The second kappa shape index (κ2) is 4.80. The van der Waals surface area contributed by atoms with Gasteiger partial charge >= 0.3 is 0 Å². The molecule has 0 spiro atoms. The van der Waals surface area contributed by atoms with Crippen LogP contribution in [0.2, 0.25) is 5.02 Å². The van der Waals surface area contributed by atoms with Crippen molar-refractivity contribution in [3.8, 4) is 0 Å². The standard InChI is InChI=1S/C8H12ClN5/c9-6-1-2-7(5(3-6)4-10)8(13-11)14-12/h1-3H,4,10-12H2,(H,13,14). The quantitative estimate of drug-likeness (QED) is 0.238. The minimum atomic E-state index is 0.344. The number of hydrogen-bond donors (Lipinski definition) is 4. The van der Waals surface area contributed by atoms with Crippen molar-refractivity contribution >= 4 is 17.4 Å². The fourth-order valence-electron chi connectivity index (χ4n) is 1.15. The zero-order valence-electron chi connectivity index (χ0n) is 7.50. The number of hydrogen-bond acceptors (Lipinski definition) is 4. The molecule has 0 aliphatic carbocycles. The second-order valence-electron chi connectivity index (χ2n) is 2.63. The van der Waals surface area contributed by atoms with Crippen LogP contribution in [-0.4, -0.2) is 5.84 Å². The van der Waals surface area contributed by atoms with E-state index in [4.69, 9.17) is 29.0 Å². The number of benzene rings is 1. The van der Waals surface area contributed by atoms with Crippen molar-refractivity contribution < 1.29 is 0 Å². The van der Waals surface area contributed by atoms with Gasteiger partial charge in [-0.1, -0.05) is 11.6 Å². The average Bonchev–Trinajstić information content (AvgIpc) is 2.21. The van der Waals surface area contributed by atoms with E-state index in [1.807, 2.05) is 0 Å². The van der Waals surface area contributed by atoms with E-state index >= 15 is 0 Å². The molecule has 0 amide bonds. The van der Waals surface area contributed by atoms with Crippen LogP contribution in [0.4, 0.5) is 0 Å². The Kier molecular flexibility index (Phi) is 3.70. The first-order chi connectivity index (χ1) is 6.72. The zero-order chi connectivity index (χ0) is 10.6. The molecule has 0 unspecified atom stereocenters. The lowest BCUT2D eigenvalue weighted by Gasteiger charge is -2.09. The highest BCUT2D eigenvalue weighted by Gasteiger charge is 2.07. The van der Waals surface area contributed by atoms with E-state index in [0.29, 0.717) is 17.4 Å². The smallest absolute Gasteiger partial charge is 0.167 e. The first-order valence-corrected chi connectivity index (χ1v) is 4.34. The number of nitrogens with zero attached hydrogens (tertiary/aromatic N) is 1. The summed E-state index contributed by atoms with van der Waals surface area (Å²) in [4.78, 5) is 0. The normalized spacial score (nSPS) is 11.5. The third-order valence-electron chi connectivity index (χ3n) is 1.81. The maximum Gasteiger partial charge on any atom is 0.167 e. The molecule has 0 aliphatic rings. The Balaban J connectivity index is 3.20. The fourth-order valence-corrected chi connectivity index (χ4v) is 1.34. The third-order valence-corrected chi connectivity index (χ3v) is 2.04. The molecule has 1 aromatic carbocycles. The summed E-state index contributed by atoms with van der Waals surface area (Å²) in [6, 6.07) is 5.23. The van der Waals surface area contributed by atoms with Crippen LogP contribution in [0.5, 0.6) is 0 Å². The van der Waals surface area contributed by atoms with Crippen molar-refractivity contribution in [1.82, 2.24) is 5.43 Å². The van der Waals surface area contributed by atoms with E-state index in [2.05, 4.69) is 10.5 Å². The van der Waals surface area contributed by atoms with E-state index in [1.54, 1.807) is 18.2 Å². The molecule has 5 nitrogen and oxygen atoms in total. The highest BCUT2D eigenvalue weighted by Crippen LogP contribution is 2.15. The summed E-state index contributed by atoms with van der Waals surface area (Å²) in [6.07, 6.45) is 0. The molecule has 0 saturated carbocycles. The van der Waals surface area contributed by atoms with Crippen molar-refractivity contribution in [1.29, 1.82) is 0 Å². The lowest BCUT2D eigenvalue weighted by atomic mass is 10.1. The van der Waals surface area contributed by atoms with Gasteiger partial charge in [0.05, 0.1) is 0 Å². The number of nitrogens with one attached hydrogen (secondary N) is 1. The van der Waals surface area contributed by atoms with E-state index in [-0.39, 0.29) is 0 Å². The largest absolute Gasteiger partial charge is 0.326 e. The van der Waals surface area contributed by atoms with Gasteiger partial charge in [-0.05, 0) is 23.8 Å². The van der Waals surface area contributed by atoms with Gasteiger partial charge in [0.2, 0.25) is 0 Å². The van der Waals surface area contributed by atoms with Crippen LogP contribution < -0.4 is 22.8 Å². The molecule has 1 rings (SSSR count). The van der Waals surface area contributed by atoms with Gasteiger partial charge in [-0.25, -0.2) is 5.84 Å². The van der Waals surface area contributed by atoms with Gasteiger partial charge in [0.15, 0.2) is 5.84 Å². The first-order valence-electron chi connectivity index (χ1n) is 3.96. The Hall–Kier alpha value is -1.30. The number of halogens is 1. The van der Waals surface area contributed by atoms with Crippen LogP contribution in [0.25, 0.3) is 0 Å². The Labute approximate surface area is 86.9 Å². The molecule has 14 heavy (non-hydrogen) atoms. The summed E-state index contributed by atoms with van der Waals surface area (Å²) < 4.78 is 0. The molecule has 0 bridgehead atoms. The Morgan fingerprint density at radius 3 is 2.71 bits per heavy atom. The molecule has 0 aliphatic heterocycles. The van der Waals surface area contributed by atoms with Crippen LogP contribution in [-0.2, 0) is 6.54 Å².